The minimum Gasteiger partial charge on any atom is -0.493 e. The molecule has 0 bridgehead atoms. The van der Waals surface area contributed by atoms with Crippen LogP contribution < -0.4 is 9.47 Å². The van der Waals surface area contributed by atoms with Crippen LogP contribution in [0.1, 0.15) is 107 Å². The Morgan fingerprint density at radius 1 is 0.900 bits per heavy atom. The van der Waals surface area contributed by atoms with Crippen molar-refractivity contribution < 1.29 is 27.8 Å². The van der Waals surface area contributed by atoms with E-state index in [-0.39, 0.29) is 35.5 Å². The second kappa shape index (κ2) is 15.0. The Bertz CT molecular complexity index is 1090. The molecule has 0 spiro atoms. The second-order valence-corrected chi connectivity index (χ2v) is 11.7. The molecule has 0 amide bonds. The lowest BCUT2D eigenvalue weighted by molar-refractivity contribution is 0.0727. The first-order valence-electron chi connectivity index (χ1n) is 15.2. The molecule has 2 aromatic rings. The number of ether oxygens (including phenoxy) is 2. The Kier molecular flexibility index (Phi) is 11.4. The van der Waals surface area contributed by atoms with Crippen LogP contribution in [0, 0.1) is 29.3 Å². The molecule has 0 aromatic heterocycles. The van der Waals surface area contributed by atoms with Gasteiger partial charge in [-0.25, -0.2) is 13.2 Å². The van der Waals surface area contributed by atoms with Crippen LogP contribution in [0.5, 0.6) is 11.5 Å². The van der Waals surface area contributed by atoms with Gasteiger partial charge in [0.05, 0.1) is 19.3 Å². The van der Waals surface area contributed by atoms with Gasteiger partial charge in [0.2, 0.25) is 0 Å². The first kappa shape index (κ1) is 30.5. The topological polar surface area (TPSA) is 38.7 Å². The summed E-state index contributed by atoms with van der Waals surface area (Å²) in [4.78, 5) is 0. The summed E-state index contributed by atoms with van der Waals surface area (Å²) < 4.78 is 56.3. The van der Waals surface area contributed by atoms with Crippen molar-refractivity contribution in [2.24, 2.45) is 11.8 Å². The van der Waals surface area contributed by atoms with Crippen molar-refractivity contribution in [1.29, 1.82) is 0 Å². The summed E-state index contributed by atoms with van der Waals surface area (Å²) in [5, 5.41) is 10.3. The molecule has 1 atom stereocenters. The van der Waals surface area contributed by atoms with E-state index in [0.29, 0.717) is 30.1 Å². The molecule has 3 nitrogen and oxygen atoms in total. The van der Waals surface area contributed by atoms with E-state index in [9.17, 15) is 9.50 Å². The van der Waals surface area contributed by atoms with Crippen molar-refractivity contribution in [1.82, 2.24) is 0 Å². The number of rotatable bonds is 13. The summed E-state index contributed by atoms with van der Waals surface area (Å²) in [7, 11) is 0. The third-order valence-corrected chi connectivity index (χ3v) is 8.97. The van der Waals surface area contributed by atoms with Gasteiger partial charge in [0.1, 0.15) is 5.75 Å². The maximum atomic E-state index is 15.3. The van der Waals surface area contributed by atoms with E-state index in [1.54, 1.807) is 24.3 Å². The minimum atomic E-state index is -0.695. The highest BCUT2D eigenvalue weighted by molar-refractivity contribution is 5.33. The Balaban J connectivity index is 1.25. The smallest absolute Gasteiger partial charge is 0.168 e. The summed E-state index contributed by atoms with van der Waals surface area (Å²) in [5.41, 5.74) is 0.962. The Hall–Kier alpha value is -2.47. The predicted octanol–water partition coefficient (Wildman–Crippen LogP) is 9.24. The number of aliphatic hydroxyl groups is 1. The van der Waals surface area contributed by atoms with E-state index in [2.05, 4.69) is 13.5 Å². The van der Waals surface area contributed by atoms with Gasteiger partial charge < -0.3 is 14.6 Å². The molecule has 0 saturated heterocycles. The van der Waals surface area contributed by atoms with Gasteiger partial charge in [-0.2, -0.15) is 0 Å². The highest BCUT2D eigenvalue weighted by Crippen LogP contribution is 2.42. The molecule has 0 radical (unpaired) electrons. The molecule has 0 aliphatic heterocycles. The fourth-order valence-electron chi connectivity index (χ4n) is 6.51. The van der Waals surface area contributed by atoms with Gasteiger partial charge in [0, 0.05) is 6.07 Å². The molecular formula is C34H45F3O3. The number of hydrogen-bond acceptors (Lipinski definition) is 3. The number of allylic oxidation sites excluding steroid dienone is 1. The standard InChI is InChI=1S/C34H45F3O3/c1-3-5-6-20-39-27-16-19-32(30(35)21-27)40-22-23-8-10-24(11-9-23)28-17-18-29(34(37)33(28)36)25-12-14-26(15-13-25)31(38)7-4-2/h3,16-19,21,23-26,31,38H,1,4-15,20,22H2,2H3. The molecule has 2 aromatic carbocycles. The molecule has 40 heavy (non-hydrogen) atoms. The molecule has 1 N–H and O–H groups in total. The lowest BCUT2D eigenvalue weighted by atomic mass is 9.75. The first-order valence-corrected chi connectivity index (χ1v) is 15.2. The van der Waals surface area contributed by atoms with Gasteiger partial charge in [-0.05, 0) is 118 Å². The summed E-state index contributed by atoms with van der Waals surface area (Å²) in [6.45, 7) is 6.65. The van der Waals surface area contributed by atoms with Gasteiger partial charge in [-0.3, -0.25) is 0 Å². The maximum Gasteiger partial charge on any atom is 0.168 e. The molecule has 2 aliphatic rings. The first-order chi connectivity index (χ1) is 19.4. The third kappa shape index (κ3) is 7.84. The molecule has 2 saturated carbocycles. The Labute approximate surface area is 237 Å². The molecule has 6 heteroatoms. The van der Waals surface area contributed by atoms with Gasteiger partial charge in [0.25, 0.3) is 0 Å². The highest BCUT2D eigenvalue weighted by Gasteiger charge is 2.31. The van der Waals surface area contributed by atoms with E-state index >= 15 is 8.78 Å². The van der Waals surface area contributed by atoms with Gasteiger partial charge in [-0.15, -0.1) is 6.58 Å². The van der Waals surface area contributed by atoms with Gasteiger partial charge >= 0.3 is 0 Å². The zero-order chi connectivity index (χ0) is 28.5. The van der Waals surface area contributed by atoms with E-state index < -0.39 is 17.5 Å². The zero-order valence-corrected chi connectivity index (χ0v) is 23.9. The average molecular weight is 559 g/mol. The van der Waals surface area contributed by atoms with E-state index in [0.717, 1.165) is 77.0 Å². The maximum absolute atomic E-state index is 15.3. The monoisotopic (exact) mass is 558 g/mol. The zero-order valence-electron chi connectivity index (χ0n) is 23.9. The largest absolute Gasteiger partial charge is 0.493 e. The minimum absolute atomic E-state index is 0.0137. The van der Waals surface area contributed by atoms with Crippen LogP contribution in [0.15, 0.2) is 43.0 Å². The molecule has 220 valence electrons. The number of aliphatic hydroxyl groups excluding tert-OH is 1. The van der Waals surface area contributed by atoms with Crippen LogP contribution >= 0.6 is 0 Å². The van der Waals surface area contributed by atoms with Crippen LogP contribution in [-0.2, 0) is 0 Å². The van der Waals surface area contributed by atoms with Crippen molar-refractivity contribution in [3.63, 3.8) is 0 Å². The van der Waals surface area contributed by atoms with Crippen LogP contribution in [0.4, 0.5) is 13.2 Å². The van der Waals surface area contributed by atoms with Crippen LogP contribution in [-0.4, -0.2) is 24.4 Å². The predicted molar refractivity (Wildman–Crippen MR) is 153 cm³/mol. The van der Waals surface area contributed by atoms with Crippen LogP contribution in [0.25, 0.3) is 0 Å². The molecule has 1 unspecified atom stereocenters. The molecular weight excluding hydrogens is 513 g/mol. The second-order valence-electron chi connectivity index (χ2n) is 11.7. The normalized spacial score (nSPS) is 23.9. The van der Waals surface area contributed by atoms with Gasteiger partial charge in [0.15, 0.2) is 23.2 Å². The SMILES string of the molecule is C=CCCCOc1ccc(OCC2CCC(c3ccc(C4CCC(C(O)CCC)CC4)c(F)c3F)CC2)c(F)c1. The summed E-state index contributed by atoms with van der Waals surface area (Å²) in [6.07, 6.45) is 11.4. The van der Waals surface area contributed by atoms with Crippen molar-refractivity contribution in [2.75, 3.05) is 13.2 Å². The lowest BCUT2D eigenvalue weighted by Crippen LogP contribution is -2.25. The number of hydrogen-bond donors (Lipinski definition) is 1. The van der Waals surface area contributed by atoms with Crippen LogP contribution in [0.2, 0.25) is 0 Å². The lowest BCUT2D eigenvalue weighted by Gasteiger charge is -2.32. The van der Waals surface area contributed by atoms with E-state index in [1.165, 1.54) is 6.07 Å². The Morgan fingerprint density at radius 3 is 2.10 bits per heavy atom. The van der Waals surface area contributed by atoms with Crippen molar-refractivity contribution >= 4 is 0 Å². The average Bonchev–Trinajstić information content (AvgIpc) is 2.97. The van der Waals surface area contributed by atoms with E-state index in [4.69, 9.17) is 9.47 Å². The summed E-state index contributed by atoms with van der Waals surface area (Å²) in [6, 6.07) is 8.26. The number of halogens is 3. The van der Waals surface area contributed by atoms with E-state index in [1.807, 2.05) is 6.08 Å². The third-order valence-electron chi connectivity index (χ3n) is 8.97. The quantitative estimate of drug-likeness (QED) is 0.197. The fourth-order valence-corrected chi connectivity index (χ4v) is 6.51. The highest BCUT2D eigenvalue weighted by atomic mass is 19.2. The van der Waals surface area contributed by atoms with Gasteiger partial charge in [-0.1, -0.05) is 31.6 Å². The van der Waals surface area contributed by atoms with Crippen molar-refractivity contribution in [2.45, 2.75) is 102 Å². The molecule has 2 fully saturated rings. The van der Waals surface area contributed by atoms with Crippen LogP contribution in [0.3, 0.4) is 0 Å². The molecule has 4 rings (SSSR count). The van der Waals surface area contributed by atoms with Crippen molar-refractivity contribution in [3.05, 3.63) is 71.6 Å². The Morgan fingerprint density at radius 2 is 1.52 bits per heavy atom. The fraction of sp³-hybridized carbons (Fsp3) is 0.588. The van der Waals surface area contributed by atoms with Crippen molar-refractivity contribution in [3.8, 4) is 11.5 Å². The number of unbranched alkanes of at least 4 members (excludes halogenated alkanes) is 1. The number of benzene rings is 2. The molecule has 0 heterocycles. The summed E-state index contributed by atoms with van der Waals surface area (Å²) >= 11 is 0. The summed E-state index contributed by atoms with van der Waals surface area (Å²) in [5.74, 6) is -0.637. The molecule has 2 aliphatic carbocycles.